The van der Waals surface area contributed by atoms with E-state index in [1.165, 1.54) is 0 Å². The molecule has 0 bridgehead atoms. The predicted octanol–water partition coefficient (Wildman–Crippen LogP) is 1.33. The SMILES string of the molecule is C=CS(=O)(=O)N(Cl)CCC. The van der Waals surface area contributed by atoms with Gasteiger partial charge in [0.1, 0.15) is 0 Å². The molecule has 0 aromatic heterocycles. The van der Waals surface area contributed by atoms with Crippen molar-refractivity contribution in [3.63, 3.8) is 0 Å². The Morgan fingerprint density at radius 3 is 2.50 bits per heavy atom. The second-order valence-corrected chi connectivity index (χ2v) is 4.14. The monoisotopic (exact) mass is 183 g/mol. The molecule has 3 nitrogen and oxygen atoms in total. The highest BCUT2D eigenvalue weighted by molar-refractivity contribution is 7.92. The Hall–Kier alpha value is -0.0600. The smallest absolute Gasteiger partial charge is 0.206 e. The molecule has 0 N–H and O–H groups in total. The summed E-state index contributed by atoms with van der Waals surface area (Å²) in [5.41, 5.74) is 0. The van der Waals surface area contributed by atoms with Gasteiger partial charge in [-0.25, -0.2) is 8.42 Å². The topological polar surface area (TPSA) is 37.4 Å². The van der Waals surface area contributed by atoms with E-state index in [4.69, 9.17) is 11.8 Å². The molecule has 60 valence electrons. The van der Waals surface area contributed by atoms with Crippen LogP contribution in [0.3, 0.4) is 0 Å². The summed E-state index contributed by atoms with van der Waals surface area (Å²) in [7, 11) is -3.40. The molecule has 0 spiro atoms. The van der Waals surface area contributed by atoms with Crippen LogP contribution >= 0.6 is 11.8 Å². The number of hydrogen-bond acceptors (Lipinski definition) is 2. The van der Waals surface area contributed by atoms with E-state index >= 15 is 0 Å². The molecule has 0 aliphatic rings. The molecule has 0 saturated heterocycles. The molecule has 5 heteroatoms. The van der Waals surface area contributed by atoms with Crippen molar-refractivity contribution in [2.45, 2.75) is 13.3 Å². The summed E-state index contributed by atoms with van der Waals surface area (Å²) < 4.78 is 22.3. The van der Waals surface area contributed by atoms with Crippen LogP contribution in [0.1, 0.15) is 13.3 Å². The van der Waals surface area contributed by atoms with Crippen molar-refractivity contribution < 1.29 is 8.42 Å². The minimum atomic E-state index is -3.40. The highest BCUT2D eigenvalue weighted by atomic mass is 35.5. The van der Waals surface area contributed by atoms with Gasteiger partial charge in [-0.3, -0.25) is 0 Å². The molecule has 0 aliphatic heterocycles. The standard InChI is InChI=1S/C5H10ClNO2S/c1-3-5-7(6)10(8,9)4-2/h4H,2-3,5H2,1H3. The second kappa shape index (κ2) is 3.95. The van der Waals surface area contributed by atoms with Crippen molar-refractivity contribution >= 4 is 21.8 Å². The van der Waals surface area contributed by atoms with Crippen molar-refractivity contribution in [1.29, 1.82) is 0 Å². The van der Waals surface area contributed by atoms with Gasteiger partial charge in [0.15, 0.2) is 0 Å². The van der Waals surface area contributed by atoms with Gasteiger partial charge in [0, 0.05) is 12.0 Å². The second-order valence-electron chi connectivity index (χ2n) is 1.72. The van der Waals surface area contributed by atoms with E-state index < -0.39 is 10.0 Å². The van der Waals surface area contributed by atoms with Gasteiger partial charge < -0.3 is 0 Å². The van der Waals surface area contributed by atoms with Crippen molar-refractivity contribution in [3.8, 4) is 0 Å². The average molecular weight is 184 g/mol. The fourth-order valence-corrected chi connectivity index (χ4v) is 1.32. The first-order chi connectivity index (χ1) is 4.54. The van der Waals surface area contributed by atoms with E-state index in [2.05, 4.69) is 6.58 Å². The summed E-state index contributed by atoms with van der Waals surface area (Å²) in [6, 6.07) is 0. The highest BCUT2D eigenvalue weighted by Crippen LogP contribution is 2.06. The van der Waals surface area contributed by atoms with E-state index in [1.54, 1.807) is 0 Å². The summed E-state index contributed by atoms with van der Waals surface area (Å²) in [4.78, 5) is 0. The molecule has 0 fully saturated rings. The normalized spacial score (nSPS) is 11.9. The zero-order valence-electron chi connectivity index (χ0n) is 5.75. The van der Waals surface area contributed by atoms with Crippen LogP contribution in [0.2, 0.25) is 0 Å². The molecule has 0 rings (SSSR count). The van der Waals surface area contributed by atoms with Gasteiger partial charge in [0.25, 0.3) is 0 Å². The lowest BCUT2D eigenvalue weighted by atomic mass is 10.5. The van der Waals surface area contributed by atoms with Gasteiger partial charge >= 0.3 is 0 Å². The quantitative estimate of drug-likeness (QED) is 0.617. The van der Waals surface area contributed by atoms with E-state index in [0.29, 0.717) is 13.0 Å². The predicted molar refractivity (Wildman–Crippen MR) is 42.0 cm³/mol. The molecule has 10 heavy (non-hydrogen) atoms. The molecule has 0 aromatic rings. The third-order valence-electron chi connectivity index (χ3n) is 0.886. The highest BCUT2D eigenvalue weighted by Gasteiger charge is 2.13. The number of halogens is 1. The Morgan fingerprint density at radius 2 is 2.20 bits per heavy atom. The largest absolute Gasteiger partial charge is 0.249 e. The summed E-state index contributed by atoms with van der Waals surface area (Å²) >= 11 is 5.35. The van der Waals surface area contributed by atoms with E-state index in [1.807, 2.05) is 6.92 Å². The van der Waals surface area contributed by atoms with Crippen LogP contribution in [0, 0.1) is 0 Å². The van der Waals surface area contributed by atoms with E-state index in [9.17, 15) is 8.42 Å². The third kappa shape index (κ3) is 2.68. The maximum atomic E-state index is 10.8. The first-order valence-corrected chi connectivity index (χ1v) is 4.69. The van der Waals surface area contributed by atoms with Gasteiger partial charge in [-0.2, -0.15) is 0 Å². The van der Waals surface area contributed by atoms with Crippen LogP contribution in [-0.2, 0) is 10.0 Å². The van der Waals surface area contributed by atoms with Crippen molar-refractivity contribution in [2.75, 3.05) is 6.54 Å². The minimum absolute atomic E-state index is 0.315. The van der Waals surface area contributed by atoms with Crippen molar-refractivity contribution in [1.82, 2.24) is 3.82 Å². The van der Waals surface area contributed by atoms with Crippen molar-refractivity contribution in [2.24, 2.45) is 0 Å². The summed E-state index contributed by atoms with van der Waals surface area (Å²) in [5, 5.41) is 0.829. The third-order valence-corrected chi connectivity index (χ3v) is 2.79. The first-order valence-electron chi connectivity index (χ1n) is 2.85. The van der Waals surface area contributed by atoms with Crippen LogP contribution in [0.5, 0.6) is 0 Å². The first kappa shape index (κ1) is 9.94. The molecule has 0 atom stereocenters. The number of rotatable bonds is 4. The summed E-state index contributed by atoms with van der Waals surface area (Å²) in [5.74, 6) is 0. The number of hydrogen-bond donors (Lipinski definition) is 0. The van der Waals surface area contributed by atoms with Gasteiger partial charge in [-0.05, 0) is 18.2 Å². The zero-order chi connectivity index (χ0) is 8.20. The lowest BCUT2D eigenvalue weighted by Gasteiger charge is -2.08. The summed E-state index contributed by atoms with van der Waals surface area (Å²) in [6.45, 7) is 5.28. The Morgan fingerprint density at radius 1 is 1.70 bits per heavy atom. The zero-order valence-corrected chi connectivity index (χ0v) is 7.32. The minimum Gasteiger partial charge on any atom is -0.206 e. The van der Waals surface area contributed by atoms with Crippen LogP contribution < -0.4 is 0 Å². The lowest BCUT2D eigenvalue weighted by molar-refractivity contribution is 0.544. The fourth-order valence-electron chi connectivity index (χ4n) is 0.384. The fraction of sp³-hybridized carbons (Fsp3) is 0.600. The van der Waals surface area contributed by atoms with Crippen LogP contribution in [-0.4, -0.2) is 18.8 Å². The van der Waals surface area contributed by atoms with Crippen LogP contribution in [0.15, 0.2) is 12.0 Å². The van der Waals surface area contributed by atoms with Crippen LogP contribution in [0.25, 0.3) is 0 Å². The molecule has 0 aliphatic carbocycles. The lowest BCUT2D eigenvalue weighted by Crippen LogP contribution is -2.19. The Kier molecular flexibility index (Phi) is 3.93. The average Bonchev–Trinajstić information content (AvgIpc) is 1.89. The van der Waals surface area contributed by atoms with Gasteiger partial charge in [0.2, 0.25) is 10.0 Å². The molecule has 0 heterocycles. The van der Waals surface area contributed by atoms with E-state index in [0.717, 1.165) is 9.23 Å². The number of nitrogens with zero attached hydrogens (tertiary/aromatic N) is 1. The molecular formula is C5H10ClNO2S. The Balaban J connectivity index is 4.19. The Labute approximate surface area is 66.4 Å². The Bertz CT molecular complexity index is 200. The maximum absolute atomic E-state index is 10.8. The van der Waals surface area contributed by atoms with Gasteiger partial charge in [-0.1, -0.05) is 13.5 Å². The maximum Gasteiger partial charge on any atom is 0.249 e. The molecule has 0 amide bonds. The molecule has 0 radical (unpaired) electrons. The molecule has 0 unspecified atom stereocenters. The van der Waals surface area contributed by atoms with Crippen LogP contribution in [0.4, 0.5) is 0 Å². The molecule has 0 saturated carbocycles. The summed E-state index contributed by atoms with van der Waals surface area (Å²) in [6.07, 6.45) is 0.691. The molecule has 0 aromatic carbocycles. The van der Waals surface area contributed by atoms with E-state index in [-0.39, 0.29) is 0 Å². The number of sulfonamides is 1. The van der Waals surface area contributed by atoms with Gasteiger partial charge in [-0.15, -0.1) is 3.82 Å². The molecular weight excluding hydrogens is 174 g/mol. The van der Waals surface area contributed by atoms with Gasteiger partial charge in [0.05, 0.1) is 0 Å². The van der Waals surface area contributed by atoms with Crippen molar-refractivity contribution in [3.05, 3.63) is 12.0 Å².